The molecule has 5 aliphatic rings. The van der Waals surface area contributed by atoms with E-state index in [4.69, 9.17) is 35.4 Å². The first-order chi connectivity index (χ1) is 37.0. The van der Waals surface area contributed by atoms with E-state index >= 15 is 0 Å². The molecule has 76 heavy (non-hydrogen) atoms. The summed E-state index contributed by atoms with van der Waals surface area (Å²) in [6.07, 6.45) is 9.83. The van der Waals surface area contributed by atoms with E-state index in [0.717, 1.165) is 96.6 Å². The maximum atomic E-state index is 14.8. The fourth-order valence-electron chi connectivity index (χ4n) is 12.0. The fraction of sp³-hybridized carbons (Fsp3) is 0.387. The number of piperazine rings is 1. The lowest BCUT2D eigenvalue weighted by Gasteiger charge is -2.51. The number of hydrogen-bond donors (Lipinski definition) is 7. The first kappa shape index (κ1) is 52.2. The van der Waals surface area contributed by atoms with Gasteiger partial charge in [-0.15, -0.1) is 0 Å². The lowest BCUT2D eigenvalue weighted by molar-refractivity contribution is 0.0834. The van der Waals surface area contributed by atoms with E-state index in [0.29, 0.717) is 42.0 Å². The molecule has 9 N–H and O–H groups in total. The van der Waals surface area contributed by atoms with Crippen molar-refractivity contribution in [1.82, 2.24) is 10.3 Å². The molecule has 1 aliphatic carbocycles. The Hall–Kier alpha value is -7.26. The molecule has 1 unspecified atom stereocenters. The number of nitrogens with two attached hydrogens (primary N) is 2. The molecule has 5 aromatic carbocycles. The number of guanidine groups is 1. The third-order valence-electron chi connectivity index (χ3n) is 16.0. The first-order valence-electron chi connectivity index (χ1n) is 27.1. The van der Waals surface area contributed by atoms with Crippen LogP contribution < -0.4 is 40.6 Å². The predicted octanol–water partition coefficient (Wildman–Crippen LogP) is 9.42. The zero-order valence-corrected chi connectivity index (χ0v) is 43.7. The average molecular weight is 1030 g/mol. The van der Waals surface area contributed by atoms with Gasteiger partial charge in [0.2, 0.25) is 5.75 Å². The Morgan fingerprint density at radius 2 is 1.76 bits per heavy atom. The normalized spacial score (nSPS) is 19.8. The minimum absolute atomic E-state index is 0.00126. The molecule has 4 atom stereocenters. The van der Waals surface area contributed by atoms with Crippen molar-refractivity contribution in [3.8, 4) is 39.9 Å². The third-order valence-corrected chi connectivity index (χ3v) is 16.0. The quantitative estimate of drug-likeness (QED) is 0.0478. The van der Waals surface area contributed by atoms with Gasteiger partial charge in [0.15, 0.2) is 23.2 Å². The van der Waals surface area contributed by atoms with E-state index in [9.17, 15) is 20.1 Å². The Morgan fingerprint density at radius 1 is 0.947 bits per heavy atom. The Morgan fingerprint density at radius 3 is 2.53 bits per heavy atom. The summed E-state index contributed by atoms with van der Waals surface area (Å²) in [5.74, 6) is 1.51. The molecule has 1 spiro atoms. The van der Waals surface area contributed by atoms with Crippen LogP contribution in [0, 0.1) is 5.92 Å². The maximum absolute atomic E-state index is 14.8. The molecule has 14 nitrogen and oxygen atoms in total. The zero-order valence-electron chi connectivity index (χ0n) is 43.7. The number of nitrogens with zero attached hydrogens (tertiary/aromatic N) is 2. The van der Waals surface area contributed by atoms with Gasteiger partial charge in [-0.25, -0.2) is 4.99 Å². The molecule has 1 saturated carbocycles. The number of rotatable bonds is 11. The summed E-state index contributed by atoms with van der Waals surface area (Å²) in [6.45, 7) is 4.52. The second-order valence-corrected chi connectivity index (χ2v) is 20.9. The SMILES string of the molecule is CCc1cc2c([nH]1)N1CCNC[C@@H]1C1(CCCCC1)c1ccc(c(N=C(N)N)c1)C[C@@H](CO)COc1c(c3c(c(OCC[C@@H](O)/C=C/c4ccccc4)c1OC)C(=O)CC(c1ccc(O)cc1)O3)CCc1cccc-2c1. The monoisotopic (exact) mass is 1030 g/mol. The highest BCUT2D eigenvalue weighted by molar-refractivity contribution is 6.04. The molecule has 1 saturated heterocycles. The maximum Gasteiger partial charge on any atom is 0.204 e. The number of benzene rings is 5. The zero-order chi connectivity index (χ0) is 52.8. The second-order valence-electron chi connectivity index (χ2n) is 20.9. The Labute approximate surface area is 445 Å². The van der Waals surface area contributed by atoms with Gasteiger partial charge >= 0.3 is 0 Å². The number of aromatic amines is 1. The van der Waals surface area contributed by atoms with Gasteiger partial charge in [0.05, 0.1) is 44.6 Å². The largest absolute Gasteiger partial charge is 0.508 e. The first-order valence-corrected chi connectivity index (χ1v) is 27.1. The Kier molecular flexibility index (Phi) is 16.0. The number of phenolic OH excluding ortho intramolecular Hbond substituents is 1. The third kappa shape index (κ3) is 11.0. The number of aliphatic hydroxyl groups excluding tert-OH is 2. The van der Waals surface area contributed by atoms with Crippen LogP contribution in [0.1, 0.15) is 107 Å². The van der Waals surface area contributed by atoms with E-state index in [1.54, 1.807) is 30.3 Å². The lowest BCUT2D eigenvalue weighted by Crippen LogP contribution is -2.61. The van der Waals surface area contributed by atoms with Crippen LogP contribution in [0.2, 0.25) is 0 Å². The summed E-state index contributed by atoms with van der Waals surface area (Å²) in [4.78, 5) is 26.1. The van der Waals surface area contributed by atoms with Crippen molar-refractivity contribution in [3.63, 3.8) is 0 Å². The van der Waals surface area contributed by atoms with E-state index in [1.807, 2.05) is 36.4 Å². The summed E-state index contributed by atoms with van der Waals surface area (Å²) in [5, 5.41) is 36.3. The van der Waals surface area contributed by atoms with Crippen LogP contribution in [0.15, 0.2) is 114 Å². The number of carbonyl (C=O) groups is 1. The smallest absolute Gasteiger partial charge is 0.204 e. The van der Waals surface area contributed by atoms with Crippen molar-refractivity contribution in [2.75, 3.05) is 51.5 Å². The number of anilines is 1. The molecule has 2 fully saturated rings. The molecule has 0 amide bonds. The Balaban J connectivity index is 1.12. The summed E-state index contributed by atoms with van der Waals surface area (Å²) >= 11 is 0. The molecule has 0 radical (unpaired) electrons. The molecule has 4 aliphatic heterocycles. The van der Waals surface area contributed by atoms with Crippen molar-refractivity contribution in [2.24, 2.45) is 22.4 Å². The molecule has 5 heterocycles. The van der Waals surface area contributed by atoms with Crippen LogP contribution in [0.4, 0.5) is 11.5 Å². The minimum atomic E-state index is -0.849. The number of ether oxygens (including phenoxy) is 4. The van der Waals surface area contributed by atoms with Gasteiger partial charge in [-0.05, 0) is 96.2 Å². The summed E-state index contributed by atoms with van der Waals surface area (Å²) in [6, 6.07) is 34.1. The predicted molar refractivity (Wildman–Crippen MR) is 298 cm³/mol. The van der Waals surface area contributed by atoms with Gasteiger partial charge in [0, 0.05) is 60.8 Å². The van der Waals surface area contributed by atoms with E-state index in [1.165, 1.54) is 19.1 Å². The number of nitrogens with one attached hydrogen (secondary N) is 2. The highest BCUT2D eigenvalue weighted by Crippen LogP contribution is 2.54. The molecular formula is C62H72N6O8. The number of Topliss-reactive ketones (excluding diaryl/α,β-unsaturated/α-hetero) is 1. The number of aromatic nitrogens is 1. The molecule has 398 valence electrons. The van der Waals surface area contributed by atoms with Crippen LogP contribution in [-0.2, 0) is 31.1 Å². The number of hydrogen-bond acceptors (Lipinski definition) is 11. The average Bonchev–Trinajstić information content (AvgIpc) is 3.92. The molecule has 11 rings (SSSR count). The number of H-pyrrole nitrogens is 1. The lowest BCUT2D eigenvalue weighted by atomic mass is 9.63. The summed E-state index contributed by atoms with van der Waals surface area (Å²) < 4.78 is 26.8. The standard InChI is InChI=1S/C62H72N6O8/c1-3-46-34-50-43-14-10-13-40(31-43)16-24-49-56-55(52(72)35-53(76-56)42-18-22-47(70)23-19-42)58(74-30-25-48(71)21-15-39-11-6-4-7-12-39)59(73-2)57(49)75-38-41(37-69)32-44-17-20-45(33-51(44)67-61(63)64)62(26-8-5-9-27-62)54-36-65-28-29-68(54)60(50)66-46/h4,6-7,10-15,17-23,31,33-34,41,48,53-54,65-66,69-71H,3,5,8-9,16,24-30,32,35-38H2,1-2H3,(H4,63,64,67)/b21-15+/t41-,48-,53?,54+/m0/s1. The summed E-state index contributed by atoms with van der Waals surface area (Å²) in [5.41, 5.74) is 21.9. The fourth-order valence-corrected chi connectivity index (χ4v) is 12.0. The van der Waals surface area contributed by atoms with Crippen molar-refractivity contribution >= 4 is 29.3 Å². The van der Waals surface area contributed by atoms with Gasteiger partial charge < -0.3 is 60.9 Å². The van der Waals surface area contributed by atoms with Crippen LogP contribution in [0.25, 0.3) is 17.2 Å². The molecular weight excluding hydrogens is 957 g/mol. The number of aryl methyl sites for hydroxylation is 2. The van der Waals surface area contributed by atoms with Crippen molar-refractivity contribution in [2.45, 2.75) is 101 Å². The van der Waals surface area contributed by atoms with Gasteiger partial charge in [-0.2, -0.15) is 0 Å². The minimum Gasteiger partial charge on any atom is -0.508 e. The van der Waals surface area contributed by atoms with Crippen molar-refractivity contribution < 1.29 is 39.1 Å². The van der Waals surface area contributed by atoms with E-state index in [2.05, 4.69) is 70.7 Å². The Bertz CT molecular complexity index is 3050. The van der Waals surface area contributed by atoms with Gasteiger partial charge in [0.25, 0.3) is 0 Å². The number of methoxy groups -OCH3 is 1. The van der Waals surface area contributed by atoms with E-state index in [-0.39, 0.29) is 78.7 Å². The molecule has 14 heteroatoms. The van der Waals surface area contributed by atoms with Gasteiger partial charge in [-0.3, -0.25) is 4.79 Å². The van der Waals surface area contributed by atoms with Crippen LogP contribution >= 0.6 is 0 Å². The number of fused-ring (bicyclic) bond motifs is 7. The highest BCUT2D eigenvalue weighted by atomic mass is 16.5. The summed E-state index contributed by atoms with van der Waals surface area (Å²) in [7, 11) is 1.53. The molecule has 4 bridgehead atoms. The number of aliphatic hydroxyl groups is 2. The molecule has 1 aromatic heterocycles. The molecule has 6 aromatic rings. The van der Waals surface area contributed by atoms with Crippen molar-refractivity contribution in [1.29, 1.82) is 0 Å². The number of carbonyl (C=O) groups excluding carboxylic acids is 1. The number of ketones is 1. The van der Waals surface area contributed by atoms with Gasteiger partial charge in [-0.1, -0.05) is 117 Å². The van der Waals surface area contributed by atoms with Crippen LogP contribution in [0.3, 0.4) is 0 Å². The van der Waals surface area contributed by atoms with Crippen LogP contribution in [0.5, 0.6) is 28.7 Å². The number of aromatic hydroxyl groups is 1. The topological polar surface area (TPSA) is 210 Å². The van der Waals surface area contributed by atoms with Crippen LogP contribution in [-0.4, -0.2) is 90.8 Å². The van der Waals surface area contributed by atoms with Gasteiger partial charge in [0.1, 0.15) is 29.0 Å². The second kappa shape index (κ2) is 23.3. The number of aliphatic imine (C=N–C) groups is 1. The van der Waals surface area contributed by atoms with Crippen molar-refractivity contribution in [3.05, 3.63) is 154 Å². The highest BCUT2D eigenvalue weighted by Gasteiger charge is 2.46. The van der Waals surface area contributed by atoms with E-state index < -0.39 is 18.1 Å². The number of phenols is 1.